The quantitative estimate of drug-likeness (QED) is 0.628. The van der Waals surface area contributed by atoms with E-state index >= 15 is 0 Å². The lowest BCUT2D eigenvalue weighted by Gasteiger charge is -2.34. The van der Waals surface area contributed by atoms with Crippen LogP contribution in [0.5, 0.6) is 0 Å². The minimum atomic E-state index is 0.801. The van der Waals surface area contributed by atoms with Crippen molar-refractivity contribution in [3.05, 3.63) is 11.6 Å². The Morgan fingerprint density at radius 2 is 2.00 bits per heavy atom. The van der Waals surface area contributed by atoms with Crippen molar-refractivity contribution >= 4 is 0 Å². The van der Waals surface area contributed by atoms with E-state index in [4.69, 9.17) is 5.26 Å². The third-order valence-corrected chi connectivity index (χ3v) is 2.78. The Bertz CT molecular complexity index is 240. The molecule has 2 nitrogen and oxygen atoms in total. The van der Waals surface area contributed by atoms with Gasteiger partial charge >= 0.3 is 0 Å². The molecule has 1 aliphatic rings. The highest BCUT2D eigenvalue weighted by Gasteiger charge is 2.20. The third-order valence-electron chi connectivity index (χ3n) is 2.78. The smallest absolute Gasteiger partial charge is 0.0941 e. The summed E-state index contributed by atoms with van der Waals surface area (Å²) in [5.74, 6) is 1.60. The maximum atomic E-state index is 8.63. The number of nitrogens with zero attached hydrogens (tertiary/aromatic N) is 2. The molecule has 0 aromatic carbocycles. The van der Waals surface area contributed by atoms with Crippen LogP contribution in [0.25, 0.3) is 0 Å². The van der Waals surface area contributed by atoms with E-state index < -0.39 is 0 Å². The summed E-state index contributed by atoms with van der Waals surface area (Å²) in [4.78, 5) is 2.44. The summed E-state index contributed by atoms with van der Waals surface area (Å²) < 4.78 is 0. The van der Waals surface area contributed by atoms with Crippen LogP contribution in [0.4, 0.5) is 0 Å². The van der Waals surface area contributed by atoms with E-state index in [2.05, 4.69) is 24.8 Å². The molecular weight excluding hydrogens is 172 g/mol. The van der Waals surface area contributed by atoms with E-state index in [1.807, 2.05) is 13.0 Å². The molecule has 1 saturated heterocycles. The summed E-state index contributed by atoms with van der Waals surface area (Å²) in [5, 5.41) is 8.63. The van der Waals surface area contributed by atoms with Gasteiger partial charge in [0.05, 0.1) is 6.07 Å². The van der Waals surface area contributed by atoms with Crippen LogP contribution in [-0.4, -0.2) is 24.5 Å². The van der Waals surface area contributed by atoms with Crippen molar-refractivity contribution in [1.29, 1.82) is 5.26 Å². The van der Waals surface area contributed by atoms with Crippen molar-refractivity contribution < 1.29 is 0 Å². The maximum absolute atomic E-state index is 8.63. The van der Waals surface area contributed by atoms with Crippen molar-refractivity contribution in [2.24, 2.45) is 11.8 Å². The van der Waals surface area contributed by atoms with Gasteiger partial charge < -0.3 is 0 Å². The van der Waals surface area contributed by atoms with E-state index in [0.717, 1.165) is 24.0 Å². The first-order valence-corrected chi connectivity index (χ1v) is 5.41. The topological polar surface area (TPSA) is 27.0 Å². The molecule has 0 aromatic rings. The average Bonchev–Trinajstić information content (AvgIpc) is 2.12. The number of nitriles is 1. The van der Waals surface area contributed by atoms with Crippen molar-refractivity contribution in [2.75, 3.05) is 19.6 Å². The van der Waals surface area contributed by atoms with Crippen molar-refractivity contribution in [1.82, 2.24) is 4.90 Å². The summed E-state index contributed by atoms with van der Waals surface area (Å²) in [6.07, 6.45) is 3.38. The molecule has 1 fully saturated rings. The highest BCUT2D eigenvalue weighted by Crippen LogP contribution is 2.20. The van der Waals surface area contributed by atoms with Crippen molar-refractivity contribution in [2.45, 2.75) is 27.2 Å². The second-order valence-corrected chi connectivity index (χ2v) is 4.66. The van der Waals surface area contributed by atoms with E-state index in [-0.39, 0.29) is 0 Å². The third kappa shape index (κ3) is 3.51. The number of rotatable bonds is 2. The lowest BCUT2D eigenvalue weighted by molar-refractivity contribution is 0.155. The summed E-state index contributed by atoms with van der Waals surface area (Å²) >= 11 is 0. The number of piperidine rings is 1. The zero-order chi connectivity index (χ0) is 10.6. The predicted octanol–water partition coefficient (Wildman–Crippen LogP) is 2.43. The molecule has 0 spiro atoms. The Morgan fingerprint density at radius 1 is 1.43 bits per heavy atom. The molecule has 0 amide bonds. The van der Waals surface area contributed by atoms with Crippen LogP contribution < -0.4 is 0 Å². The zero-order valence-electron chi connectivity index (χ0n) is 9.45. The van der Waals surface area contributed by atoms with Gasteiger partial charge in [-0.05, 0) is 25.2 Å². The maximum Gasteiger partial charge on any atom is 0.0941 e. The largest absolute Gasteiger partial charge is 0.299 e. The van der Waals surface area contributed by atoms with E-state index in [0.29, 0.717) is 0 Å². The minimum absolute atomic E-state index is 0.801. The first kappa shape index (κ1) is 11.3. The van der Waals surface area contributed by atoms with Crippen LogP contribution in [0, 0.1) is 23.2 Å². The fraction of sp³-hybridized carbons (Fsp3) is 0.750. The van der Waals surface area contributed by atoms with Gasteiger partial charge in [0.25, 0.3) is 0 Å². The van der Waals surface area contributed by atoms with Gasteiger partial charge in [-0.3, -0.25) is 4.90 Å². The number of allylic oxidation sites excluding steroid dienone is 1. The molecule has 2 heteroatoms. The zero-order valence-corrected chi connectivity index (χ0v) is 9.45. The Hall–Kier alpha value is -0.810. The van der Waals surface area contributed by atoms with Gasteiger partial charge in [-0.15, -0.1) is 0 Å². The van der Waals surface area contributed by atoms with Crippen LogP contribution in [0.2, 0.25) is 0 Å². The Morgan fingerprint density at radius 3 is 2.50 bits per heavy atom. The van der Waals surface area contributed by atoms with Crippen molar-refractivity contribution in [3.8, 4) is 6.07 Å². The fourth-order valence-electron chi connectivity index (χ4n) is 2.25. The van der Waals surface area contributed by atoms with Gasteiger partial charge in [-0.25, -0.2) is 0 Å². The molecule has 0 saturated carbocycles. The summed E-state index contributed by atoms with van der Waals surface area (Å²) in [7, 11) is 0. The van der Waals surface area contributed by atoms with Crippen LogP contribution in [-0.2, 0) is 0 Å². The number of hydrogen-bond donors (Lipinski definition) is 0. The Balaban J connectivity index is 2.42. The molecule has 0 bridgehead atoms. The van der Waals surface area contributed by atoms with Crippen molar-refractivity contribution in [3.63, 3.8) is 0 Å². The molecule has 1 aliphatic heterocycles. The lowest BCUT2D eigenvalue weighted by atomic mass is 9.92. The molecule has 0 radical (unpaired) electrons. The number of likely N-dealkylation sites (tertiary alicyclic amines) is 1. The minimum Gasteiger partial charge on any atom is -0.299 e. The fourth-order valence-corrected chi connectivity index (χ4v) is 2.25. The summed E-state index contributed by atoms with van der Waals surface area (Å²) in [5.41, 5.74) is 0.830. The van der Waals surface area contributed by atoms with Gasteiger partial charge in [0, 0.05) is 25.2 Å². The second kappa shape index (κ2) is 5.17. The number of hydrogen-bond acceptors (Lipinski definition) is 2. The molecule has 1 rings (SSSR count). The standard InChI is InChI=1S/C12H20N2/c1-10(7-13)4-5-14-8-11(2)6-12(3)9-14/h4,11-12H,5-6,8-9H2,1-3H3/b10-4-. The SMILES string of the molecule is C/C(C#N)=C/CN1CC(C)CC(C)C1. The van der Waals surface area contributed by atoms with Crippen LogP contribution in [0.15, 0.2) is 11.6 Å². The van der Waals surface area contributed by atoms with Crippen LogP contribution in [0.3, 0.4) is 0 Å². The molecular formula is C12H20N2. The van der Waals surface area contributed by atoms with Gasteiger partial charge in [-0.2, -0.15) is 5.26 Å². The first-order chi connectivity index (χ1) is 6.61. The molecule has 0 aliphatic carbocycles. The monoisotopic (exact) mass is 192 g/mol. The summed E-state index contributed by atoms with van der Waals surface area (Å²) in [6, 6.07) is 2.16. The highest BCUT2D eigenvalue weighted by atomic mass is 15.1. The second-order valence-electron chi connectivity index (χ2n) is 4.66. The molecule has 0 aromatic heterocycles. The van der Waals surface area contributed by atoms with Gasteiger partial charge in [0.15, 0.2) is 0 Å². The van der Waals surface area contributed by atoms with Crippen LogP contribution in [0.1, 0.15) is 27.2 Å². The average molecular weight is 192 g/mol. The van der Waals surface area contributed by atoms with Gasteiger partial charge in [-0.1, -0.05) is 19.9 Å². The molecule has 2 atom stereocenters. The molecule has 14 heavy (non-hydrogen) atoms. The van der Waals surface area contributed by atoms with Crippen LogP contribution >= 0.6 is 0 Å². The van der Waals surface area contributed by atoms with E-state index in [1.165, 1.54) is 19.5 Å². The molecule has 78 valence electrons. The Kier molecular flexibility index (Phi) is 4.16. The molecule has 2 unspecified atom stereocenters. The normalized spacial score (nSPS) is 30.0. The lowest BCUT2D eigenvalue weighted by Crippen LogP contribution is -2.38. The predicted molar refractivity (Wildman–Crippen MR) is 58.8 cm³/mol. The molecule has 1 heterocycles. The summed E-state index contributed by atoms with van der Waals surface area (Å²) in [6.45, 7) is 9.79. The van der Waals surface area contributed by atoms with Gasteiger partial charge in [0.2, 0.25) is 0 Å². The van der Waals surface area contributed by atoms with E-state index in [1.54, 1.807) is 0 Å². The van der Waals surface area contributed by atoms with Gasteiger partial charge in [0.1, 0.15) is 0 Å². The molecule has 0 N–H and O–H groups in total. The highest BCUT2D eigenvalue weighted by molar-refractivity contribution is 5.17. The first-order valence-electron chi connectivity index (χ1n) is 5.41. The van der Waals surface area contributed by atoms with E-state index in [9.17, 15) is 0 Å². The Labute approximate surface area is 87.2 Å².